The van der Waals surface area contributed by atoms with Crippen molar-refractivity contribution in [3.05, 3.63) is 41.2 Å². The van der Waals surface area contributed by atoms with Gasteiger partial charge in [-0.25, -0.2) is 0 Å². The van der Waals surface area contributed by atoms with Gasteiger partial charge in [0.1, 0.15) is 0 Å². The zero-order valence-corrected chi connectivity index (χ0v) is 12.7. The Bertz CT molecular complexity index is 860. The quantitative estimate of drug-likeness (QED) is 0.653. The van der Waals surface area contributed by atoms with Crippen molar-refractivity contribution in [1.29, 1.82) is 0 Å². The molecule has 2 aromatic heterocycles. The number of hydrogen-bond donors (Lipinski definition) is 2. The van der Waals surface area contributed by atoms with Crippen molar-refractivity contribution in [3.8, 4) is 0 Å². The molecule has 1 aromatic carbocycles. The fourth-order valence-electron chi connectivity index (χ4n) is 3.80. The van der Waals surface area contributed by atoms with E-state index in [1.807, 2.05) is 13.0 Å². The number of aliphatic hydroxyl groups excluding tert-OH is 1. The number of aromatic amines is 1. The van der Waals surface area contributed by atoms with Gasteiger partial charge in [-0.15, -0.1) is 0 Å². The molecule has 0 unspecified atom stereocenters. The van der Waals surface area contributed by atoms with Crippen molar-refractivity contribution in [3.63, 3.8) is 0 Å². The summed E-state index contributed by atoms with van der Waals surface area (Å²) in [6.07, 6.45) is 1.29. The number of nitrogens with zero attached hydrogens (tertiary/aromatic N) is 1. The molecule has 1 aliphatic rings. The van der Waals surface area contributed by atoms with Crippen molar-refractivity contribution in [2.45, 2.75) is 39.7 Å². The summed E-state index contributed by atoms with van der Waals surface area (Å²) >= 11 is 0. The minimum Gasteiger partial charge on any atom is -0.388 e. The minimum atomic E-state index is -0.432. The van der Waals surface area contributed by atoms with Crippen LogP contribution < -0.4 is 0 Å². The molecule has 0 amide bonds. The summed E-state index contributed by atoms with van der Waals surface area (Å²) in [5.41, 5.74) is 5.40. The Morgan fingerprint density at radius 1 is 1.29 bits per heavy atom. The van der Waals surface area contributed by atoms with Gasteiger partial charge in [0.15, 0.2) is 0 Å². The van der Waals surface area contributed by atoms with Crippen LogP contribution in [0.15, 0.2) is 24.3 Å². The molecule has 0 saturated heterocycles. The van der Waals surface area contributed by atoms with Gasteiger partial charge in [0.25, 0.3) is 0 Å². The molecule has 0 bridgehead atoms. The Kier molecular flexibility index (Phi) is 2.49. The average Bonchev–Trinajstić information content (AvgIpc) is 2.77. The number of hydrogen-bond acceptors (Lipinski definition) is 2. The second-order valence-corrected chi connectivity index (χ2v) is 7.04. The lowest BCUT2D eigenvalue weighted by Crippen LogP contribution is -2.27. The molecule has 2 N–H and O–H groups in total. The molecule has 3 heteroatoms. The first-order valence-electron chi connectivity index (χ1n) is 7.54. The average molecular weight is 280 g/mol. The third kappa shape index (κ3) is 1.80. The van der Waals surface area contributed by atoms with Gasteiger partial charge in [-0.05, 0) is 31.2 Å². The monoisotopic (exact) mass is 280 g/mol. The van der Waals surface area contributed by atoms with E-state index in [0.717, 1.165) is 46.2 Å². The summed E-state index contributed by atoms with van der Waals surface area (Å²) in [5.74, 6) is 0. The van der Waals surface area contributed by atoms with Gasteiger partial charge < -0.3 is 10.1 Å². The highest BCUT2D eigenvalue weighted by molar-refractivity contribution is 6.10. The number of aliphatic hydroxyl groups is 1. The molecule has 0 aliphatic heterocycles. The highest BCUT2D eigenvalue weighted by Gasteiger charge is 2.34. The van der Waals surface area contributed by atoms with Gasteiger partial charge in [0.2, 0.25) is 0 Å². The van der Waals surface area contributed by atoms with Crippen molar-refractivity contribution in [1.82, 2.24) is 9.97 Å². The molecule has 108 valence electrons. The minimum absolute atomic E-state index is 0.103. The number of nitrogens with one attached hydrogen (secondary N) is 1. The Morgan fingerprint density at radius 2 is 2.05 bits per heavy atom. The first kappa shape index (κ1) is 12.8. The summed E-state index contributed by atoms with van der Waals surface area (Å²) in [6, 6.07) is 8.30. The van der Waals surface area contributed by atoms with Gasteiger partial charge in [-0.3, -0.25) is 4.98 Å². The second-order valence-electron chi connectivity index (χ2n) is 7.04. The Hall–Kier alpha value is -1.87. The van der Waals surface area contributed by atoms with Crippen LogP contribution in [0.25, 0.3) is 21.8 Å². The number of para-hydroxylation sites is 1. The van der Waals surface area contributed by atoms with Crippen molar-refractivity contribution >= 4 is 21.8 Å². The predicted octanol–water partition coefficient (Wildman–Crippen LogP) is 4.03. The molecule has 4 rings (SSSR count). The number of fused-ring (bicyclic) bond motifs is 5. The van der Waals surface area contributed by atoms with E-state index >= 15 is 0 Å². The lowest BCUT2D eigenvalue weighted by molar-refractivity contribution is 0.0997. The van der Waals surface area contributed by atoms with Crippen LogP contribution in [0.1, 0.15) is 43.3 Å². The zero-order valence-electron chi connectivity index (χ0n) is 12.7. The van der Waals surface area contributed by atoms with Crippen LogP contribution in [0.4, 0.5) is 0 Å². The van der Waals surface area contributed by atoms with Gasteiger partial charge >= 0.3 is 0 Å². The van der Waals surface area contributed by atoms with E-state index < -0.39 is 6.10 Å². The maximum Gasteiger partial charge on any atom is 0.0819 e. The molecular weight excluding hydrogens is 260 g/mol. The van der Waals surface area contributed by atoms with E-state index in [0.29, 0.717) is 0 Å². The molecular formula is C18H20N2O. The van der Waals surface area contributed by atoms with Crippen molar-refractivity contribution in [2.75, 3.05) is 0 Å². The summed E-state index contributed by atoms with van der Waals surface area (Å²) < 4.78 is 0. The van der Waals surface area contributed by atoms with Crippen molar-refractivity contribution < 1.29 is 5.11 Å². The van der Waals surface area contributed by atoms with Crippen LogP contribution in [-0.4, -0.2) is 15.1 Å². The molecule has 1 atom stereocenters. The van der Waals surface area contributed by atoms with Crippen LogP contribution in [-0.2, 0) is 6.42 Å². The highest BCUT2D eigenvalue weighted by Crippen LogP contribution is 2.44. The van der Waals surface area contributed by atoms with E-state index in [1.165, 1.54) is 5.39 Å². The summed E-state index contributed by atoms with van der Waals surface area (Å²) in [5, 5.41) is 13.1. The Balaban J connectivity index is 2.15. The maximum atomic E-state index is 10.7. The molecule has 3 nitrogen and oxygen atoms in total. The van der Waals surface area contributed by atoms with E-state index in [4.69, 9.17) is 4.98 Å². The number of benzene rings is 1. The lowest BCUT2D eigenvalue weighted by atomic mass is 9.74. The summed E-state index contributed by atoms with van der Waals surface area (Å²) in [4.78, 5) is 8.26. The molecule has 0 spiro atoms. The molecule has 0 saturated carbocycles. The lowest BCUT2D eigenvalue weighted by Gasteiger charge is -2.34. The smallest absolute Gasteiger partial charge is 0.0819 e. The third-order valence-electron chi connectivity index (χ3n) is 4.68. The molecule has 0 fully saturated rings. The van der Waals surface area contributed by atoms with Crippen molar-refractivity contribution in [2.24, 2.45) is 5.41 Å². The second kappa shape index (κ2) is 4.08. The number of pyridine rings is 1. The topological polar surface area (TPSA) is 48.9 Å². The highest BCUT2D eigenvalue weighted by atomic mass is 16.3. The molecule has 1 aliphatic carbocycles. The molecule has 21 heavy (non-hydrogen) atoms. The fourth-order valence-corrected chi connectivity index (χ4v) is 3.80. The largest absolute Gasteiger partial charge is 0.388 e. The van der Waals surface area contributed by atoms with Gasteiger partial charge in [0.05, 0.1) is 17.3 Å². The zero-order chi connectivity index (χ0) is 14.8. The number of aryl methyl sites for hydroxylation is 1. The van der Waals surface area contributed by atoms with E-state index in [9.17, 15) is 5.11 Å². The van der Waals surface area contributed by atoms with Gasteiger partial charge in [-0.1, -0.05) is 32.0 Å². The van der Waals surface area contributed by atoms with E-state index in [-0.39, 0.29) is 5.41 Å². The van der Waals surface area contributed by atoms with Gasteiger partial charge in [0, 0.05) is 27.5 Å². The normalized spacial score (nSPS) is 20.9. The summed E-state index contributed by atoms with van der Waals surface area (Å²) in [6.45, 7) is 6.46. The Labute approximate surface area is 124 Å². The van der Waals surface area contributed by atoms with Crippen LogP contribution in [0.5, 0.6) is 0 Å². The number of aromatic nitrogens is 2. The number of H-pyrrole nitrogens is 1. The Morgan fingerprint density at radius 3 is 2.86 bits per heavy atom. The number of rotatable bonds is 0. The SMILES string of the molecule is Cc1nc2c(c3c1[nH]c1ccccc13)[C@H](O)CC(C)(C)C2. The fraction of sp³-hybridized carbons (Fsp3) is 0.389. The molecule has 2 heterocycles. The predicted molar refractivity (Wildman–Crippen MR) is 85.4 cm³/mol. The van der Waals surface area contributed by atoms with Gasteiger partial charge in [-0.2, -0.15) is 0 Å². The van der Waals surface area contributed by atoms with Crippen LogP contribution in [0.2, 0.25) is 0 Å². The maximum absolute atomic E-state index is 10.7. The third-order valence-corrected chi connectivity index (χ3v) is 4.68. The van der Waals surface area contributed by atoms with Crippen LogP contribution in [0, 0.1) is 12.3 Å². The summed E-state index contributed by atoms with van der Waals surface area (Å²) in [7, 11) is 0. The van der Waals surface area contributed by atoms with E-state index in [2.05, 4.69) is 37.0 Å². The first-order valence-corrected chi connectivity index (χ1v) is 7.54. The molecule has 3 aromatic rings. The van der Waals surface area contributed by atoms with Crippen LogP contribution >= 0.6 is 0 Å². The standard InChI is InChI=1S/C18H20N2O/c1-10-17-15(11-6-4-5-7-12(11)20-17)16-13(19-10)8-18(2,3)9-14(16)21/h4-7,14,20-21H,8-9H2,1-3H3/t14-/m1/s1. The first-order chi connectivity index (χ1) is 9.96. The van der Waals surface area contributed by atoms with E-state index in [1.54, 1.807) is 0 Å². The molecule has 0 radical (unpaired) electrons. The van der Waals surface area contributed by atoms with Crippen LogP contribution in [0.3, 0.4) is 0 Å².